The zero-order chi connectivity index (χ0) is 19.4. The number of ether oxygens (including phenoxy) is 1. The first-order chi connectivity index (χ1) is 13.0. The lowest BCUT2D eigenvalue weighted by atomic mass is 10.2. The van der Waals surface area contributed by atoms with Crippen LogP contribution in [0.1, 0.15) is 18.9 Å². The van der Waals surface area contributed by atoms with Crippen LogP contribution in [0.2, 0.25) is 0 Å². The number of hydrogen-bond acceptors (Lipinski definition) is 4. The molecule has 7 heteroatoms. The zero-order valence-electron chi connectivity index (χ0n) is 15.1. The molecule has 0 aliphatic rings. The molecule has 0 aliphatic heterocycles. The van der Waals surface area contributed by atoms with Gasteiger partial charge in [0, 0.05) is 16.4 Å². The lowest BCUT2D eigenvalue weighted by molar-refractivity contribution is -0.120. The SMILES string of the molecule is CCCn1c(O)c(N=NC(=O)COc2cccc(C)c2)c2cc(Br)ccc21. The number of fused-ring (bicyclic) bond motifs is 1. The molecule has 0 saturated carbocycles. The number of aromatic hydroxyl groups is 1. The minimum Gasteiger partial charge on any atom is -0.493 e. The first kappa shape index (κ1) is 19.1. The largest absolute Gasteiger partial charge is 0.493 e. The summed E-state index contributed by atoms with van der Waals surface area (Å²) < 4.78 is 8.06. The summed E-state index contributed by atoms with van der Waals surface area (Å²) >= 11 is 3.43. The van der Waals surface area contributed by atoms with Crippen LogP contribution in [0.25, 0.3) is 10.9 Å². The molecule has 27 heavy (non-hydrogen) atoms. The number of nitrogens with zero attached hydrogens (tertiary/aromatic N) is 3. The number of aryl methyl sites for hydroxylation is 2. The van der Waals surface area contributed by atoms with E-state index in [-0.39, 0.29) is 18.2 Å². The molecule has 2 aromatic carbocycles. The second-order valence-electron chi connectivity index (χ2n) is 6.18. The normalized spacial score (nSPS) is 11.4. The van der Waals surface area contributed by atoms with E-state index in [1.165, 1.54) is 0 Å². The van der Waals surface area contributed by atoms with Crippen molar-refractivity contribution in [2.75, 3.05) is 6.61 Å². The summed E-state index contributed by atoms with van der Waals surface area (Å²) in [7, 11) is 0. The maximum atomic E-state index is 12.0. The summed E-state index contributed by atoms with van der Waals surface area (Å²) in [6.07, 6.45) is 0.854. The highest BCUT2D eigenvalue weighted by Gasteiger charge is 2.17. The Balaban J connectivity index is 1.81. The van der Waals surface area contributed by atoms with Crippen molar-refractivity contribution in [3.63, 3.8) is 0 Å². The highest BCUT2D eigenvalue weighted by molar-refractivity contribution is 9.10. The summed E-state index contributed by atoms with van der Waals surface area (Å²) in [6.45, 7) is 4.40. The van der Waals surface area contributed by atoms with Crippen molar-refractivity contribution in [3.8, 4) is 11.6 Å². The molecule has 1 amide bonds. The van der Waals surface area contributed by atoms with Crippen LogP contribution in [0.4, 0.5) is 5.69 Å². The summed E-state index contributed by atoms with van der Waals surface area (Å²) in [5.74, 6) is 0.0771. The molecule has 1 N–H and O–H groups in total. The molecule has 0 unspecified atom stereocenters. The molecule has 0 fully saturated rings. The van der Waals surface area contributed by atoms with Gasteiger partial charge in [-0.1, -0.05) is 35.0 Å². The molecule has 1 heterocycles. The molecule has 0 saturated heterocycles. The van der Waals surface area contributed by atoms with E-state index in [1.54, 1.807) is 10.6 Å². The van der Waals surface area contributed by atoms with Gasteiger partial charge < -0.3 is 14.4 Å². The van der Waals surface area contributed by atoms with Gasteiger partial charge in [0.05, 0.1) is 5.52 Å². The summed E-state index contributed by atoms with van der Waals surface area (Å²) in [4.78, 5) is 12.0. The van der Waals surface area contributed by atoms with E-state index >= 15 is 0 Å². The second-order valence-corrected chi connectivity index (χ2v) is 7.10. The van der Waals surface area contributed by atoms with Gasteiger partial charge in [-0.2, -0.15) is 0 Å². The predicted molar refractivity (Wildman–Crippen MR) is 108 cm³/mol. The molecule has 0 atom stereocenters. The van der Waals surface area contributed by atoms with Crippen molar-refractivity contribution in [2.45, 2.75) is 26.8 Å². The fourth-order valence-electron chi connectivity index (χ4n) is 2.83. The van der Waals surface area contributed by atoms with E-state index in [9.17, 15) is 9.90 Å². The molecule has 6 nitrogen and oxygen atoms in total. The van der Waals surface area contributed by atoms with Crippen LogP contribution in [-0.4, -0.2) is 22.2 Å². The van der Waals surface area contributed by atoms with Crippen molar-refractivity contribution >= 4 is 38.4 Å². The molecular weight excluding hydrogens is 410 g/mol. The van der Waals surface area contributed by atoms with E-state index < -0.39 is 5.91 Å². The predicted octanol–water partition coefficient (Wildman–Crippen LogP) is 5.52. The van der Waals surface area contributed by atoms with Crippen LogP contribution in [0.3, 0.4) is 0 Å². The Labute approximate surface area is 165 Å². The van der Waals surface area contributed by atoms with Gasteiger partial charge in [0.25, 0.3) is 0 Å². The molecule has 0 aliphatic carbocycles. The molecule has 1 aromatic heterocycles. The Hall–Kier alpha value is -2.67. The molecule has 0 radical (unpaired) electrons. The van der Waals surface area contributed by atoms with Crippen molar-refractivity contribution in [3.05, 3.63) is 52.5 Å². The topological polar surface area (TPSA) is 76.2 Å². The minimum atomic E-state index is -0.526. The van der Waals surface area contributed by atoms with Crippen LogP contribution in [0, 0.1) is 6.92 Å². The fraction of sp³-hybridized carbons (Fsp3) is 0.250. The molecule has 3 rings (SSSR count). The van der Waals surface area contributed by atoms with Gasteiger partial charge in [-0.15, -0.1) is 10.2 Å². The number of carbonyl (C=O) groups is 1. The number of amides is 1. The third kappa shape index (κ3) is 4.36. The second kappa shape index (κ2) is 8.35. The van der Waals surface area contributed by atoms with Gasteiger partial charge in [-0.05, 0) is 49.2 Å². The number of carbonyl (C=O) groups excluding carboxylic acids is 1. The first-order valence-electron chi connectivity index (χ1n) is 8.64. The summed E-state index contributed by atoms with van der Waals surface area (Å²) in [5, 5.41) is 19.0. The van der Waals surface area contributed by atoms with Gasteiger partial charge in [-0.3, -0.25) is 4.79 Å². The number of aromatic nitrogens is 1. The number of azo groups is 1. The number of rotatable bonds is 6. The molecular formula is C20H20BrN3O3. The Morgan fingerprint density at radius 1 is 1.26 bits per heavy atom. The standard InChI is InChI=1S/C20H20BrN3O3/c1-3-9-24-17-8-7-14(21)11-16(17)19(20(24)26)23-22-18(25)12-27-15-6-4-5-13(2)10-15/h4-8,10-11,26H,3,9,12H2,1-2H3. The molecule has 140 valence electrons. The van der Waals surface area contributed by atoms with E-state index in [0.29, 0.717) is 12.3 Å². The average molecular weight is 430 g/mol. The number of halogens is 1. The third-order valence-electron chi connectivity index (χ3n) is 4.03. The summed E-state index contributed by atoms with van der Waals surface area (Å²) in [6, 6.07) is 13.1. The van der Waals surface area contributed by atoms with Crippen molar-refractivity contribution in [1.29, 1.82) is 0 Å². The highest BCUT2D eigenvalue weighted by atomic mass is 79.9. The molecule has 0 bridgehead atoms. The van der Waals surface area contributed by atoms with Gasteiger partial charge in [0.1, 0.15) is 5.75 Å². The quantitative estimate of drug-likeness (QED) is 0.524. The van der Waals surface area contributed by atoms with Gasteiger partial charge in [0.2, 0.25) is 5.88 Å². The van der Waals surface area contributed by atoms with E-state index in [0.717, 1.165) is 27.4 Å². The van der Waals surface area contributed by atoms with Gasteiger partial charge >= 0.3 is 5.91 Å². The van der Waals surface area contributed by atoms with E-state index in [1.807, 2.05) is 50.2 Å². The monoisotopic (exact) mass is 429 g/mol. The van der Waals surface area contributed by atoms with E-state index in [4.69, 9.17) is 4.74 Å². The molecule has 3 aromatic rings. The van der Waals surface area contributed by atoms with Crippen molar-refractivity contribution < 1.29 is 14.6 Å². The average Bonchev–Trinajstić information content (AvgIpc) is 2.89. The van der Waals surface area contributed by atoms with Crippen LogP contribution >= 0.6 is 15.9 Å². The highest BCUT2D eigenvalue weighted by Crippen LogP contribution is 2.40. The Morgan fingerprint density at radius 2 is 2.07 bits per heavy atom. The smallest absolute Gasteiger partial charge is 0.302 e. The third-order valence-corrected chi connectivity index (χ3v) is 4.53. The Bertz CT molecular complexity index is 1010. The van der Waals surface area contributed by atoms with Crippen LogP contribution in [-0.2, 0) is 11.3 Å². The fourth-order valence-corrected chi connectivity index (χ4v) is 3.19. The lowest BCUT2D eigenvalue weighted by Crippen LogP contribution is -2.07. The summed E-state index contributed by atoms with van der Waals surface area (Å²) in [5.41, 5.74) is 2.17. The minimum absolute atomic E-state index is 0.00102. The number of benzene rings is 2. The lowest BCUT2D eigenvalue weighted by Gasteiger charge is -2.04. The van der Waals surface area contributed by atoms with Crippen LogP contribution in [0.15, 0.2) is 57.2 Å². The van der Waals surface area contributed by atoms with Crippen molar-refractivity contribution in [2.24, 2.45) is 10.2 Å². The van der Waals surface area contributed by atoms with Gasteiger partial charge in [0.15, 0.2) is 12.3 Å². The van der Waals surface area contributed by atoms with Crippen molar-refractivity contribution in [1.82, 2.24) is 4.57 Å². The zero-order valence-corrected chi connectivity index (χ0v) is 16.7. The maximum Gasteiger partial charge on any atom is 0.302 e. The molecule has 0 spiro atoms. The van der Waals surface area contributed by atoms with Crippen LogP contribution < -0.4 is 4.74 Å². The van der Waals surface area contributed by atoms with E-state index in [2.05, 4.69) is 26.2 Å². The maximum absolute atomic E-state index is 12.0. The first-order valence-corrected chi connectivity index (χ1v) is 9.43. The Kier molecular flexibility index (Phi) is 5.91. The number of hydrogen-bond donors (Lipinski definition) is 1. The van der Waals surface area contributed by atoms with Crippen LogP contribution in [0.5, 0.6) is 11.6 Å². The Morgan fingerprint density at radius 3 is 2.81 bits per heavy atom. The van der Waals surface area contributed by atoms with Gasteiger partial charge in [-0.25, -0.2) is 0 Å².